The van der Waals surface area contributed by atoms with Crippen LogP contribution < -0.4 is 5.32 Å². The highest BCUT2D eigenvalue weighted by atomic mass is 32.1. The molecule has 0 radical (unpaired) electrons. The second-order valence-corrected chi connectivity index (χ2v) is 6.74. The standard InChI is InChI=1S/C19H18N2O3S/c1-12-7-8-20-17-6-5-14(10-16(12)17)19(23)24-13(2)18(22)21-11-15-4-3-9-25-15/h3-10,13H,11H2,1-2H3,(H,21,22). The largest absolute Gasteiger partial charge is 0.449 e. The Kier molecular flexibility index (Phi) is 5.09. The molecule has 0 aliphatic heterocycles. The molecular weight excluding hydrogens is 336 g/mol. The number of rotatable bonds is 5. The van der Waals surface area contributed by atoms with E-state index in [1.165, 1.54) is 0 Å². The van der Waals surface area contributed by atoms with E-state index in [9.17, 15) is 9.59 Å². The number of hydrogen-bond acceptors (Lipinski definition) is 5. The number of amides is 1. The van der Waals surface area contributed by atoms with E-state index in [0.717, 1.165) is 21.3 Å². The summed E-state index contributed by atoms with van der Waals surface area (Å²) in [6, 6.07) is 10.9. The number of ether oxygens (including phenoxy) is 1. The molecule has 0 bridgehead atoms. The third kappa shape index (κ3) is 4.03. The van der Waals surface area contributed by atoms with Crippen LogP contribution in [0.25, 0.3) is 10.9 Å². The fourth-order valence-corrected chi connectivity index (χ4v) is 3.07. The van der Waals surface area contributed by atoms with E-state index in [2.05, 4.69) is 10.3 Å². The Morgan fingerprint density at radius 2 is 2.12 bits per heavy atom. The fraction of sp³-hybridized carbons (Fsp3) is 0.211. The molecule has 0 saturated carbocycles. The summed E-state index contributed by atoms with van der Waals surface area (Å²) in [6.45, 7) is 3.95. The topological polar surface area (TPSA) is 68.3 Å². The van der Waals surface area contributed by atoms with Gasteiger partial charge in [-0.3, -0.25) is 9.78 Å². The third-order valence-electron chi connectivity index (χ3n) is 3.87. The van der Waals surface area contributed by atoms with Crippen molar-refractivity contribution >= 4 is 34.1 Å². The van der Waals surface area contributed by atoms with E-state index in [-0.39, 0.29) is 5.91 Å². The van der Waals surface area contributed by atoms with Gasteiger partial charge in [-0.1, -0.05) is 6.07 Å². The smallest absolute Gasteiger partial charge is 0.338 e. The maximum Gasteiger partial charge on any atom is 0.338 e. The lowest BCUT2D eigenvalue weighted by Crippen LogP contribution is -2.35. The molecule has 5 nitrogen and oxygen atoms in total. The maximum atomic E-state index is 12.3. The molecule has 25 heavy (non-hydrogen) atoms. The molecule has 1 amide bonds. The Hall–Kier alpha value is -2.73. The van der Waals surface area contributed by atoms with Crippen LogP contribution in [0.1, 0.15) is 27.7 Å². The van der Waals surface area contributed by atoms with Gasteiger partial charge in [-0.05, 0) is 55.1 Å². The van der Waals surface area contributed by atoms with Gasteiger partial charge in [0, 0.05) is 16.5 Å². The number of hydrogen-bond donors (Lipinski definition) is 1. The molecule has 0 spiro atoms. The Morgan fingerprint density at radius 3 is 2.88 bits per heavy atom. The normalized spacial score (nSPS) is 11.9. The lowest BCUT2D eigenvalue weighted by Gasteiger charge is -2.13. The minimum absolute atomic E-state index is 0.319. The van der Waals surface area contributed by atoms with Crippen LogP contribution >= 0.6 is 11.3 Å². The van der Waals surface area contributed by atoms with Crippen molar-refractivity contribution in [1.29, 1.82) is 0 Å². The minimum Gasteiger partial charge on any atom is -0.449 e. The molecule has 0 fully saturated rings. The van der Waals surface area contributed by atoms with E-state index >= 15 is 0 Å². The average molecular weight is 354 g/mol. The second kappa shape index (κ2) is 7.44. The zero-order valence-electron chi connectivity index (χ0n) is 14.0. The van der Waals surface area contributed by atoms with Gasteiger partial charge >= 0.3 is 5.97 Å². The fourth-order valence-electron chi connectivity index (χ4n) is 2.42. The van der Waals surface area contributed by atoms with Gasteiger partial charge in [0.05, 0.1) is 17.6 Å². The molecule has 2 aromatic heterocycles. The van der Waals surface area contributed by atoms with Crippen LogP contribution in [0.4, 0.5) is 0 Å². The van der Waals surface area contributed by atoms with Crippen molar-refractivity contribution < 1.29 is 14.3 Å². The lowest BCUT2D eigenvalue weighted by atomic mass is 10.1. The number of nitrogens with one attached hydrogen (secondary N) is 1. The number of esters is 1. The van der Waals surface area contributed by atoms with Crippen molar-refractivity contribution in [1.82, 2.24) is 10.3 Å². The number of nitrogens with zero attached hydrogens (tertiary/aromatic N) is 1. The van der Waals surface area contributed by atoms with E-state index in [1.54, 1.807) is 42.7 Å². The highest BCUT2D eigenvalue weighted by molar-refractivity contribution is 7.09. The third-order valence-corrected chi connectivity index (χ3v) is 4.74. The van der Waals surface area contributed by atoms with Crippen molar-refractivity contribution in [2.24, 2.45) is 0 Å². The molecule has 1 aromatic carbocycles. The summed E-state index contributed by atoms with van der Waals surface area (Å²) < 4.78 is 5.29. The predicted molar refractivity (Wildman–Crippen MR) is 97.5 cm³/mol. The Labute approximate surface area is 149 Å². The first-order valence-corrected chi connectivity index (χ1v) is 8.79. The van der Waals surface area contributed by atoms with Crippen molar-refractivity contribution in [3.63, 3.8) is 0 Å². The minimum atomic E-state index is -0.863. The molecule has 0 aliphatic carbocycles. The first kappa shape index (κ1) is 17.1. The van der Waals surface area contributed by atoms with Gasteiger partial charge < -0.3 is 10.1 Å². The summed E-state index contributed by atoms with van der Waals surface area (Å²) in [5.41, 5.74) is 2.25. The Morgan fingerprint density at radius 1 is 1.28 bits per heavy atom. The first-order valence-electron chi connectivity index (χ1n) is 7.91. The number of thiophene rings is 1. The van der Waals surface area contributed by atoms with Crippen LogP contribution in [-0.4, -0.2) is 23.0 Å². The highest BCUT2D eigenvalue weighted by Gasteiger charge is 2.19. The monoisotopic (exact) mass is 354 g/mol. The summed E-state index contributed by atoms with van der Waals surface area (Å²) >= 11 is 1.56. The number of fused-ring (bicyclic) bond motifs is 1. The van der Waals surface area contributed by atoms with Crippen LogP contribution in [0.3, 0.4) is 0 Å². The van der Waals surface area contributed by atoms with Gasteiger partial charge in [0.2, 0.25) is 0 Å². The zero-order chi connectivity index (χ0) is 17.8. The quantitative estimate of drug-likeness (QED) is 0.713. The number of benzene rings is 1. The van der Waals surface area contributed by atoms with Gasteiger partial charge in [0.1, 0.15) is 0 Å². The van der Waals surface area contributed by atoms with Crippen LogP contribution in [0.15, 0.2) is 48.0 Å². The first-order chi connectivity index (χ1) is 12.0. The summed E-state index contributed by atoms with van der Waals surface area (Å²) in [5, 5.41) is 5.61. The Bertz CT molecular complexity index is 906. The average Bonchev–Trinajstić information content (AvgIpc) is 3.13. The van der Waals surface area contributed by atoms with Gasteiger partial charge in [-0.15, -0.1) is 11.3 Å². The predicted octanol–water partition coefficient (Wildman–Crippen LogP) is 3.47. The molecule has 1 atom stereocenters. The van der Waals surface area contributed by atoms with Gasteiger partial charge in [0.25, 0.3) is 5.91 Å². The maximum absolute atomic E-state index is 12.3. The van der Waals surface area contributed by atoms with Gasteiger partial charge in [-0.2, -0.15) is 0 Å². The van der Waals surface area contributed by atoms with Crippen molar-refractivity contribution in [3.8, 4) is 0 Å². The van der Waals surface area contributed by atoms with Crippen LogP contribution in [0.5, 0.6) is 0 Å². The highest BCUT2D eigenvalue weighted by Crippen LogP contribution is 2.18. The molecule has 3 aromatic rings. The van der Waals surface area contributed by atoms with Crippen molar-refractivity contribution in [3.05, 3.63) is 64.0 Å². The Balaban J connectivity index is 1.64. The molecule has 128 valence electrons. The molecule has 0 aliphatic rings. The number of carbonyl (C=O) groups is 2. The van der Waals surface area contributed by atoms with Crippen LogP contribution in [-0.2, 0) is 16.1 Å². The summed E-state index contributed by atoms with van der Waals surface area (Å²) in [6.07, 6.45) is 0.869. The summed E-state index contributed by atoms with van der Waals surface area (Å²) in [7, 11) is 0. The number of pyridine rings is 1. The second-order valence-electron chi connectivity index (χ2n) is 5.70. The van der Waals surface area contributed by atoms with E-state index in [0.29, 0.717) is 12.1 Å². The number of carbonyl (C=O) groups excluding carboxylic acids is 2. The van der Waals surface area contributed by atoms with E-state index < -0.39 is 12.1 Å². The number of aromatic nitrogens is 1. The summed E-state index contributed by atoms with van der Waals surface area (Å²) in [5.74, 6) is -0.843. The molecule has 6 heteroatoms. The molecule has 2 heterocycles. The molecular formula is C19H18N2O3S. The molecule has 0 saturated heterocycles. The van der Waals surface area contributed by atoms with Gasteiger partial charge in [-0.25, -0.2) is 4.79 Å². The lowest BCUT2D eigenvalue weighted by molar-refractivity contribution is -0.129. The van der Waals surface area contributed by atoms with E-state index in [1.807, 2.05) is 30.5 Å². The van der Waals surface area contributed by atoms with Crippen LogP contribution in [0.2, 0.25) is 0 Å². The molecule has 1 unspecified atom stereocenters. The zero-order valence-corrected chi connectivity index (χ0v) is 14.8. The number of aryl methyl sites for hydroxylation is 1. The SMILES string of the molecule is Cc1ccnc2ccc(C(=O)OC(C)C(=O)NCc3cccs3)cc12. The van der Waals surface area contributed by atoms with E-state index in [4.69, 9.17) is 4.74 Å². The van der Waals surface area contributed by atoms with Crippen molar-refractivity contribution in [2.45, 2.75) is 26.5 Å². The van der Waals surface area contributed by atoms with Crippen LogP contribution in [0, 0.1) is 6.92 Å². The molecule has 3 rings (SSSR count). The summed E-state index contributed by atoms with van der Waals surface area (Å²) in [4.78, 5) is 29.7. The van der Waals surface area contributed by atoms with Crippen molar-refractivity contribution in [2.75, 3.05) is 0 Å². The molecule has 1 N–H and O–H groups in total. The van der Waals surface area contributed by atoms with Gasteiger partial charge in [0.15, 0.2) is 6.10 Å².